The van der Waals surface area contributed by atoms with E-state index in [-0.39, 0.29) is 0 Å². The smallest absolute Gasteiger partial charge is 0.0199 e. The van der Waals surface area contributed by atoms with E-state index in [1.165, 1.54) is 5.70 Å². The van der Waals surface area contributed by atoms with Crippen molar-refractivity contribution in [2.24, 2.45) is 11.3 Å². The van der Waals surface area contributed by atoms with Gasteiger partial charge in [-0.05, 0) is 23.8 Å². The van der Waals surface area contributed by atoms with E-state index in [0.29, 0.717) is 11.3 Å². The zero-order valence-corrected chi connectivity index (χ0v) is 9.79. The summed E-state index contributed by atoms with van der Waals surface area (Å²) in [6, 6.07) is 0. The Bertz CT molecular complexity index is 238. The van der Waals surface area contributed by atoms with Crippen LogP contribution in [0.25, 0.3) is 0 Å². The van der Waals surface area contributed by atoms with Crippen LogP contribution >= 0.6 is 12.2 Å². The molecule has 0 spiro atoms. The van der Waals surface area contributed by atoms with Gasteiger partial charge in [-0.15, -0.1) is 0 Å². The minimum atomic E-state index is 0.401. The summed E-state index contributed by atoms with van der Waals surface area (Å²) in [7, 11) is 0. The van der Waals surface area contributed by atoms with Gasteiger partial charge in [0.05, 0.1) is 0 Å². The molecule has 0 aromatic carbocycles. The Morgan fingerprint density at radius 2 is 2.15 bits per heavy atom. The molecule has 13 heavy (non-hydrogen) atoms. The van der Waals surface area contributed by atoms with Crippen molar-refractivity contribution in [1.82, 2.24) is 5.32 Å². The van der Waals surface area contributed by atoms with Crippen molar-refractivity contribution in [2.75, 3.05) is 6.54 Å². The van der Waals surface area contributed by atoms with Crippen LogP contribution in [0.4, 0.5) is 0 Å². The van der Waals surface area contributed by atoms with Crippen LogP contribution in [0, 0.1) is 11.3 Å². The van der Waals surface area contributed by atoms with Crippen LogP contribution in [-0.4, -0.2) is 11.4 Å². The number of hydrogen-bond donors (Lipinski definition) is 1. The van der Waals surface area contributed by atoms with Crippen LogP contribution in [-0.2, 0) is 0 Å². The molecule has 0 aliphatic carbocycles. The zero-order valence-electron chi connectivity index (χ0n) is 8.98. The lowest BCUT2D eigenvalue weighted by Gasteiger charge is -2.12. The predicted octanol–water partition coefficient (Wildman–Crippen LogP) is 2.92. The second-order valence-corrected chi connectivity index (χ2v) is 5.39. The fourth-order valence-corrected chi connectivity index (χ4v) is 1.58. The molecular weight excluding hydrogens is 178 g/mol. The highest BCUT2D eigenvalue weighted by atomic mass is 32.1. The molecular formula is C11H19NS. The molecule has 1 aliphatic rings. The Morgan fingerprint density at radius 3 is 2.54 bits per heavy atom. The summed E-state index contributed by atoms with van der Waals surface area (Å²) in [6.45, 7) is 9.90. The summed E-state index contributed by atoms with van der Waals surface area (Å²) in [5.41, 5.74) is 1.71. The average Bonchev–Trinajstić information content (AvgIpc) is 2.30. The largest absolute Gasteiger partial charge is 0.388 e. The van der Waals surface area contributed by atoms with E-state index < -0.39 is 0 Å². The maximum Gasteiger partial charge on any atom is 0.0199 e. The van der Waals surface area contributed by atoms with Crippen molar-refractivity contribution in [3.05, 3.63) is 11.8 Å². The van der Waals surface area contributed by atoms with Crippen molar-refractivity contribution in [3.8, 4) is 0 Å². The second-order valence-electron chi connectivity index (χ2n) is 4.92. The zero-order chi connectivity index (χ0) is 10.1. The first-order chi connectivity index (χ1) is 5.91. The average molecular weight is 197 g/mol. The van der Waals surface area contributed by atoms with Crippen molar-refractivity contribution >= 4 is 17.1 Å². The highest BCUT2D eigenvalue weighted by Crippen LogP contribution is 2.29. The first-order valence-electron chi connectivity index (χ1n) is 4.89. The summed E-state index contributed by atoms with van der Waals surface area (Å²) in [5.74, 6) is 0.480. The standard InChI is InChI=1S/C11H19NS/c1-8(2)10(13)5-9-6-11(3,4)7-12-9/h5,8,12H,6-7H2,1-4H3/b9-5-. The van der Waals surface area contributed by atoms with Crippen LogP contribution < -0.4 is 5.32 Å². The van der Waals surface area contributed by atoms with Gasteiger partial charge in [0.25, 0.3) is 0 Å². The molecule has 0 bridgehead atoms. The number of thiocarbonyl (C=S) groups is 1. The Morgan fingerprint density at radius 1 is 1.54 bits per heavy atom. The third kappa shape index (κ3) is 3.11. The Kier molecular flexibility index (Phi) is 3.12. The van der Waals surface area contributed by atoms with Gasteiger partial charge < -0.3 is 5.32 Å². The van der Waals surface area contributed by atoms with Gasteiger partial charge in [-0.2, -0.15) is 0 Å². The minimum absolute atomic E-state index is 0.401. The molecule has 1 saturated heterocycles. The van der Waals surface area contributed by atoms with Gasteiger partial charge in [-0.3, -0.25) is 0 Å². The minimum Gasteiger partial charge on any atom is -0.388 e. The molecule has 1 heterocycles. The summed E-state index contributed by atoms with van der Waals surface area (Å²) in [5, 5.41) is 3.41. The SMILES string of the molecule is CC(C)C(=S)/C=C1/CC(C)(C)CN1. The number of rotatable bonds is 2. The van der Waals surface area contributed by atoms with Crippen LogP contribution in [0.3, 0.4) is 0 Å². The van der Waals surface area contributed by atoms with Gasteiger partial charge in [0.2, 0.25) is 0 Å². The molecule has 0 aromatic heterocycles. The van der Waals surface area contributed by atoms with E-state index in [2.05, 4.69) is 39.1 Å². The first kappa shape index (κ1) is 10.7. The van der Waals surface area contributed by atoms with Gasteiger partial charge in [-0.25, -0.2) is 0 Å². The van der Waals surface area contributed by atoms with Crippen molar-refractivity contribution in [1.29, 1.82) is 0 Å². The van der Waals surface area contributed by atoms with Gasteiger partial charge in [-0.1, -0.05) is 39.9 Å². The van der Waals surface area contributed by atoms with E-state index in [4.69, 9.17) is 12.2 Å². The fraction of sp³-hybridized carbons (Fsp3) is 0.727. The third-order valence-corrected chi connectivity index (χ3v) is 2.94. The number of nitrogens with one attached hydrogen (secondary N) is 1. The molecule has 1 fully saturated rings. The van der Waals surface area contributed by atoms with Crippen LogP contribution in [0.1, 0.15) is 34.1 Å². The quantitative estimate of drug-likeness (QED) is 0.539. The predicted molar refractivity (Wildman–Crippen MR) is 61.9 cm³/mol. The molecule has 0 amide bonds. The highest BCUT2D eigenvalue weighted by molar-refractivity contribution is 7.80. The van der Waals surface area contributed by atoms with E-state index in [0.717, 1.165) is 17.8 Å². The molecule has 0 atom stereocenters. The van der Waals surface area contributed by atoms with E-state index in [1.54, 1.807) is 0 Å². The van der Waals surface area contributed by atoms with E-state index in [9.17, 15) is 0 Å². The molecule has 1 rings (SSSR count). The molecule has 1 N–H and O–H groups in total. The summed E-state index contributed by atoms with van der Waals surface area (Å²) >= 11 is 5.27. The maximum atomic E-state index is 5.27. The summed E-state index contributed by atoms with van der Waals surface area (Å²) in [6.07, 6.45) is 3.26. The third-order valence-electron chi connectivity index (χ3n) is 2.35. The monoisotopic (exact) mass is 197 g/mol. The van der Waals surface area contributed by atoms with Gasteiger partial charge in [0.15, 0.2) is 0 Å². The van der Waals surface area contributed by atoms with Crippen LogP contribution in [0.2, 0.25) is 0 Å². The molecule has 1 nitrogen and oxygen atoms in total. The molecule has 1 aliphatic heterocycles. The Labute approximate surface area is 86.6 Å². The van der Waals surface area contributed by atoms with Crippen LogP contribution in [0.15, 0.2) is 11.8 Å². The van der Waals surface area contributed by atoms with Crippen LogP contribution in [0.5, 0.6) is 0 Å². The second kappa shape index (κ2) is 3.79. The van der Waals surface area contributed by atoms with Crippen molar-refractivity contribution < 1.29 is 0 Å². The lowest BCUT2D eigenvalue weighted by molar-refractivity contribution is 0.417. The highest BCUT2D eigenvalue weighted by Gasteiger charge is 2.26. The van der Waals surface area contributed by atoms with E-state index in [1.807, 2.05) is 0 Å². The fourth-order valence-electron chi connectivity index (χ4n) is 1.43. The topological polar surface area (TPSA) is 12.0 Å². The lowest BCUT2D eigenvalue weighted by Crippen LogP contribution is -2.15. The summed E-state index contributed by atoms with van der Waals surface area (Å²) < 4.78 is 0. The number of hydrogen-bond acceptors (Lipinski definition) is 2. The van der Waals surface area contributed by atoms with Crippen molar-refractivity contribution in [3.63, 3.8) is 0 Å². The first-order valence-corrected chi connectivity index (χ1v) is 5.30. The normalized spacial score (nSPS) is 23.6. The van der Waals surface area contributed by atoms with Gasteiger partial charge in [0, 0.05) is 17.1 Å². The van der Waals surface area contributed by atoms with Gasteiger partial charge >= 0.3 is 0 Å². The Hall–Kier alpha value is -0.370. The number of allylic oxidation sites excluding steroid dienone is 2. The molecule has 0 radical (unpaired) electrons. The molecule has 2 heteroatoms. The van der Waals surface area contributed by atoms with Crippen molar-refractivity contribution in [2.45, 2.75) is 34.1 Å². The lowest BCUT2D eigenvalue weighted by atomic mass is 9.92. The summed E-state index contributed by atoms with van der Waals surface area (Å²) in [4.78, 5) is 1.06. The molecule has 0 unspecified atom stereocenters. The molecule has 0 saturated carbocycles. The Balaban J connectivity index is 2.60. The van der Waals surface area contributed by atoms with Gasteiger partial charge in [0.1, 0.15) is 0 Å². The van der Waals surface area contributed by atoms with E-state index >= 15 is 0 Å². The maximum absolute atomic E-state index is 5.27. The molecule has 0 aromatic rings. The molecule has 74 valence electrons.